The van der Waals surface area contributed by atoms with Crippen molar-refractivity contribution in [1.29, 1.82) is 0 Å². The van der Waals surface area contributed by atoms with Crippen molar-refractivity contribution in [3.05, 3.63) is 23.8 Å². The molecule has 1 atom stereocenters. The van der Waals surface area contributed by atoms with Gasteiger partial charge >= 0.3 is 0 Å². The lowest BCUT2D eigenvalue weighted by Gasteiger charge is -2.31. The summed E-state index contributed by atoms with van der Waals surface area (Å²) in [5, 5.41) is 2.16. The molecule has 0 aliphatic carbocycles. The summed E-state index contributed by atoms with van der Waals surface area (Å²) in [6.07, 6.45) is 3.51. The number of piperidine rings is 1. The summed E-state index contributed by atoms with van der Waals surface area (Å²) in [5.74, 6) is -0.269. The third-order valence-corrected chi connectivity index (χ3v) is 4.80. The van der Waals surface area contributed by atoms with Gasteiger partial charge in [0.05, 0.1) is 5.56 Å². The van der Waals surface area contributed by atoms with Crippen LogP contribution in [0.3, 0.4) is 0 Å². The number of anilines is 2. The number of carbonyl (C=O) groups excluding carboxylic acids is 2. The molecule has 25 heavy (non-hydrogen) atoms. The molecule has 0 radical (unpaired) electrons. The van der Waals surface area contributed by atoms with Gasteiger partial charge in [-0.15, -0.1) is 11.6 Å². The van der Waals surface area contributed by atoms with Crippen LogP contribution in [0.25, 0.3) is 0 Å². The third kappa shape index (κ3) is 4.88. The maximum atomic E-state index is 13.0. The van der Waals surface area contributed by atoms with Crippen molar-refractivity contribution < 1.29 is 9.59 Å². The fraction of sp³-hybridized carbons (Fsp3) is 0.579. The minimum atomic E-state index is -0.622. The highest BCUT2D eigenvalue weighted by molar-refractivity contribution is 6.32. The summed E-state index contributed by atoms with van der Waals surface area (Å²) in [7, 11) is 0. The molecule has 1 fully saturated rings. The Hall–Kier alpha value is -1.75. The van der Waals surface area contributed by atoms with Crippen LogP contribution in [0, 0.1) is 0 Å². The Morgan fingerprint density at radius 1 is 1.20 bits per heavy atom. The number of hydrogen-bond acceptors (Lipinski definition) is 3. The lowest BCUT2D eigenvalue weighted by atomic mass is 10.0. The molecule has 2 amide bonds. The summed E-state index contributed by atoms with van der Waals surface area (Å²) < 4.78 is 0. The molecule has 0 saturated carbocycles. The molecule has 0 spiro atoms. The van der Waals surface area contributed by atoms with E-state index in [9.17, 15) is 9.59 Å². The summed E-state index contributed by atoms with van der Waals surface area (Å²) in [5.41, 5.74) is 2.20. The average Bonchev–Trinajstić information content (AvgIpc) is 2.63. The van der Waals surface area contributed by atoms with Crippen LogP contribution in [0.1, 0.15) is 50.4 Å². The SMILES string of the molecule is CCN(CC)C(=O)c1cc(NC(=O)C(C)Cl)ccc1N1CCCCC1. The molecule has 1 saturated heterocycles. The average molecular weight is 366 g/mol. The van der Waals surface area contributed by atoms with Gasteiger partial charge in [0.2, 0.25) is 5.91 Å². The van der Waals surface area contributed by atoms with Gasteiger partial charge < -0.3 is 15.1 Å². The highest BCUT2D eigenvalue weighted by Gasteiger charge is 2.22. The van der Waals surface area contributed by atoms with Crippen molar-refractivity contribution >= 4 is 34.8 Å². The number of benzene rings is 1. The molecular formula is C19H28ClN3O2. The van der Waals surface area contributed by atoms with E-state index in [1.54, 1.807) is 17.9 Å². The van der Waals surface area contributed by atoms with Crippen LogP contribution < -0.4 is 10.2 Å². The monoisotopic (exact) mass is 365 g/mol. The zero-order chi connectivity index (χ0) is 18.4. The van der Waals surface area contributed by atoms with Gasteiger partial charge in [0.25, 0.3) is 5.91 Å². The van der Waals surface area contributed by atoms with Gasteiger partial charge in [0.1, 0.15) is 5.38 Å². The maximum Gasteiger partial charge on any atom is 0.256 e. The number of amides is 2. The second-order valence-corrected chi connectivity index (χ2v) is 7.02. The smallest absolute Gasteiger partial charge is 0.256 e. The summed E-state index contributed by atoms with van der Waals surface area (Å²) in [6, 6.07) is 5.57. The van der Waals surface area contributed by atoms with Crippen LogP contribution in [-0.4, -0.2) is 48.3 Å². The van der Waals surface area contributed by atoms with Crippen molar-refractivity contribution in [3.8, 4) is 0 Å². The first-order chi connectivity index (χ1) is 12.0. The van der Waals surface area contributed by atoms with Gasteiger partial charge in [-0.2, -0.15) is 0 Å². The number of nitrogens with zero attached hydrogens (tertiary/aromatic N) is 2. The quantitative estimate of drug-likeness (QED) is 0.781. The van der Waals surface area contributed by atoms with Gasteiger partial charge in [-0.25, -0.2) is 0 Å². The Balaban J connectivity index is 2.37. The molecule has 6 heteroatoms. The zero-order valence-corrected chi connectivity index (χ0v) is 16.1. The van der Waals surface area contributed by atoms with E-state index in [2.05, 4.69) is 10.2 Å². The molecule has 1 aliphatic heterocycles. The van der Waals surface area contributed by atoms with E-state index < -0.39 is 5.38 Å². The number of nitrogens with one attached hydrogen (secondary N) is 1. The Labute approximate surface area is 155 Å². The molecule has 0 bridgehead atoms. The van der Waals surface area contributed by atoms with Gasteiger partial charge in [0.15, 0.2) is 0 Å². The minimum Gasteiger partial charge on any atom is -0.371 e. The largest absolute Gasteiger partial charge is 0.371 e. The number of rotatable bonds is 6. The summed E-state index contributed by atoms with van der Waals surface area (Å²) >= 11 is 5.83. The molecule has 1 aromatic rings. The fourth-order valence-electron chi connectivity index (χ4n) is 3.12. The molecule has 1 N–H and O–H groups in total. The van der Waals surface area contributed by atoms with Crippen molar-refractivity contribution in [2.24, 2.45) is 0 Å². The van der Waals surface area contributed by atoms with Crippen LogP contribution >= 0.6 is 11.6 Å². The van der Waals surface area contributed by atoms with E-state index in [-0.39, 0.29) is 11.8 Å². The minimum absolute atomic E-state index is 0.000550. The van der Waals surface area contributed by atoms with Crippen LogP contribution in [-0.2, 0) is 4.79 Å². The zero-order valence-electron chi connectivity index (χ0n) is 15.3. The van der Waals surface area contributed by atoms with E-state index >= 15 is 0 Å². The van der Waals surface area contributed by atoms with Crippen molar-refractivity contribution in [2.75, 3.05) is 36.4 Å². The van der Waals surface area contributed by atoms with E-state index in [0.717, 1.165) is 31.6 Å². The van der Waals surface area contributed by atoms with Crippen LogP contribution in [0.15, 0.2) is 18.2 Å². The fourth-order valence-corrected chi connectivity index (χ4v) is 3.17. The van der Waals surface area contributed by atoms with Crippen LogP contribution in [0.5, 0.6) is 0 Å². The molecule has 1 unspecified atom stereocenters. The van der Waals surface area contributed by atoms with E-state index in [0.29, 0.717) is 24.3 Å². The molecule has 1 heterocycles. The predicted molar refractivity (Wildman–Crippen MR) is 104 cm³/mol. The van der Waals surface area contributed by atoms with Gasteiger partial charge in [-0.3, -0.25) is 9.59 Å². The van der Waals surface area contributed by atoms with Crippen LogP contribution in [0.2, 0.25) is 0 Å². The number of carbonyl (C=O) groups is 2. The van der Waals surface area contributed by atoms with Crippen molar-refractivity contribution in [1.82, 2.24) is 4.90 Å². The Kier molecular flexibility index (Phi) is 7.12. The van der Waals surface area contributed by atoms with Gasteiger partial charge in [-0.05, 0) is 58.2 Å². The van der Waals surface area contributed by atoms with E-state index in [1.807, 2.05) is 26.0 Å². The first-order valence-corrected chi connectivity index (χ1v) is 9.54. The standard InChI is InChI=1S/C19H28ClN3O2/c1-4-22(5-2)19(25)16-13-15(21-18(24)14(3)20)9-10-17(16)23-11-7-6-8-12-23/h9-10,13-14H,4-8,11-12H2,1-3H3,(H,21,24). The number of hydrogen-bond donors (Lipinski definition) is 1. The molecule has 0 aromatic heterocycles. The van der Waals surface area contributed by atoms with Crippen molar-refractivity contribution in [3.63, 3.8) is 0 Å². The Morgan fingerprint density at radius 2 is 1.84 bits per heavy atom. The molecule has 138 valence electrons. The highest BCUT2D eigenvalue weighted by Crippen LogP contribution is 2.28. The first kappa shape index (κ1) is 19.6. The van der Waals surface area contributed by atoms with E-state index in [4.69, 9.17) is 11.6 Å². The lowest BCUT2D eigenvalue weighted by Crippen LogP contribution is -2.35. The highest BCUT2D eigenvalue weighted by atomic mass is 35.5. The normalized spacial score (nSPS) is 15.6. The first-order valence-electron chi connectivity index (χ1n) is 9.11. The van der Waals surface area contributed by atoms with Gasteiger partial charge in [-0.1, -0.05) is 0 Å². The number of alkyl halides is 1. The Morgan fingerprint density at radius 3 is 2.40 bits per heavy atom. The lowest BCUT2D eigenvalue weighted by molar-refractivity contribution is -0.115. The molecule has 1 aliphatic rings. The third-order valence-electron chi connectivity index (χ3n) is 4.60. The van der Waals surface area contributed by atoms with E-state index in [1.165, 1.54) is 6.42 Å². The van der Waals surface area contributed by atoms with Gasteiger partial charge in [0, 0.05) is 37.6 Å². The Bertz CT molecular complexity index is 609. The second kappa shape index (κ2) is 9.09. The van der Waals surface area contributed by atoms with Crippen LogP contribution in [0.4, 0.5) is 11.4 Å². The predicted octanol–water partition coefficient (Wildman–Crippen LogP) is 3.72. The maximum absolute atomic E-state index is 13.0. The second-order valence-electron chi connectivity index (χ2n) is 6.36. The topological polar surface area (TPSA) is 52.7 Å². The number of halogens is 1. The summed E-state index contributed by atoms with van der Waals surface area (Å²) in [6.45, 7) is 8.81. The summed E-state index contributed by atoms with van der Waals surface area (Å²) in [4.78, 5) is 29.0. The molecule has 1 aromatic carbocycles. The molecule has 5 nitrogen and oxygen atoms in total. The molecular weight excluding hydrogens is 338 g/mol. The van der Waals surface area contributed by atoms with Crippen molar-refractivity contribution in [2.45, 2.75) is 45.4 Å². The molecule has 2 rings (SSSR count).